The van der Waals surface area contributed by atoms with Gasteiger partial charge in [-0.1, -0.05) is 42.8 Å². The van der Waals surface area contributed by atoms with Gasteiger partial charge in [-0.2, -0.15) is 0 Å². The van der Waals surface area contributed by atoms with Crippen molar-refractivity contribution in [3.05, 3.63) is 94.3 Å². The van der Waals surface area contributed by atoms with Gasteiger partial charge in [0.25, 0.3) is 0 Å². The van der Waals surface area contributed by atoms with Gasteiger partial charge < -0.3 is 14.7 Å². The van der Waals surface area contributed by atoms with Crippen LogP contribution in [0, 0.1) is 5.82 Å². The first-order valence-corrected chi connectivity index (χ1v) is 11.5. The Labute approximate surface area is 202 Å². The summed E-state index contributed by atoms with van der Waals surface area (Å²) >= 11 is 6.00. The smallest absolute Gasteiger partial charge is 0.332 e. The Balaban J connectivity index is 1.80. The molecule has 1 N–H and O–H groups in total. The summed E-state index contributed by atoms with van der Waals surface area (Å²) in [4.78, 5) is 26.9. The molecule has 0 aliphatic carbocycles. The molecule has 3 atom stereocenters. The lowest BCUT2D eigenvalue weighted by Crippen LogP contribution is -2.34. The topological polar surface area (TPSA) is 66.8 Å². The quantitative estimate of drug-likeness (QED) is 0.379. The number of ketones is 1. The number of carbonyl (C=O) groups excluding carboxylic acids is 1. The van der Waals surface area contributed by atoms with Crippen LogP contribution in [-0.4, -0.2) is 29.0 Å². The van der Waals surface area contributed by atoms with E-state index < -0.39 is 23.8 Å². The van der Waals surface area contributed by atoms with E-state index in [2.05, 4.69) is 0 Å². The normalized spacial score (nSPS) is 17.9. The Morgan fingerprint density at radius 2 is 1.74 bits per heavy atom. The molecule has 0 saturated heterocycles. The van der Waals surface area contributed by atoms with E-state index in [0.29, 0.717) is 28.3 Å². The van der Waals surface area contributed by atoms with Gasteiger partial charge in [-0.25, -0.2) is 9.18 Å². The number of aliphatic carboxylic acids is 1. The number of hydrogen-bond acceptors (Lipinski definition) is 4. The number of halogens is 2. The minimum absolute atomic E-state index is 0.0665. The second-order valence-electron chi connectivity index (χ2n) is 8.29. The first kappa shape index (κ1) is 23.9. The highest BCUT2D eigenvalue weighted by Crippen LogP contribution is 2.49. The van der Waals surface area contributed by atoms with E-state index in [1.54, 1.807) is 30.3 Å². The minimum atomic E-state index is -1.05. The van der Waals surface area contributed by atoms with Crippen LogP contribution in [0.2, 0.25) is 5.02 Å². The Morgan fingerprint density at radius 3 is 2.41 bits per heavy atom. The molecule has 1 aliphatic rings. The predicted molar refractivity (Wildman–Crippen MR) is 129 cm³/mol. The fourth-order valence-electron chi connectivity index (χ4n) is 4.54. The number of Topliss-reactive ketones (excluding diaryl/α,β-unsaturated/α-hetero) is 1. The average molecular weight is 482 g/mol. The molecule has 0 amide bonds. The number of carboxylic acids is 1. The van der Waals surface area contributed by atoms with E-state index in [1.165, 1.54) is 13.0 Å². The summed E-state index contributed by atoms with van der Waals surface area (Å²) in [5.74, 6) is -2.37. The van der Waals surface area contributed by atoms with Crippen molar-refractivity contribution in [1.29, 1.82) is 0 Å². The second-order valence-corrected chi connectivity index (χ2v) is 8.72. The van der Waals surface area contributed by atoms with Crippen molar-refractivity contribution in [3.63, 3.8) is 0 Å². The maximum Gasteiger partial charge on any atom is 0.332 e. The molecule has 7 heteroatoms. The van der Waals surface area contributed by atoms with Crippen LogP contribution in [0.1, 0.15) is 47.7 Å². The number of carbonyl (C=O) groups is 2. The summed E-state index contributed by atoms with van der Waals surface area (Å²) in [5.41, 5.74) is 2.96. The van der Waals surface area contributed by atoms with Crippen LogP contribution >= 0.6 is 11.6 Å². The number of carboxylic acid groups (broad SMARTS) is 1. The summed E-state index contributed by atoms with van der Waals surface area (Å²) in [6, 6.07) is 18.6. The van der Waals surface area contributed by atoms with Crippen LogP contribution in [0.4, 0.5) is 15.8 Å². The number of anilines is 2. The summed E-state index contributed by atoms with van der Waals surface area (Å²) in [5, 5.41) is 9.70. The van der Waals surface area contributed by atoms with Gasteiger partial charge in [-0.05, 0) is 55.8 Å². The zero-order valence-corrected chi connectivity index (χ0v) is 19.6. The average Bonchev–Trinajstić information content (AvgIpc) is 3.18. The zero-order chi connectivity index (χ0) is 24.4. The molecule has 0 fully saturated rings. The molecule has 3 aromatic carbocycles. The van der Waals surface area contributed by atoms with Crippen LogP contribution in [0.3, 0.4) is 0 Å². The van der Waals surface area contributed by atoms with Gasteiger partial charge in [0.05, 0.1) is 12.5 Å². The van der Waals surface area contributed by atoms with Crippen molar-refractivity contribution < 1.29 is 23.8 Å². The molecule has 3 aromatic rings. The fourth-order valence-corrected chi connectivity index (χ4v) is 4.67. The van der Waals surface area contributed by atoms with Crippen LogP contribution in [0.25, 0.3) is 0 Å². The van der Waals surface area contributed by atoms with E-state index in [-0.39, 0.29) is 18.4 Å². The first-order chi connectivity index (χ1) is 16.3. The van der Waals surface area contributed by atoms with E-state index in [4.69, 9.17) is 16.3 Å². The van der Waals surface area contributed by atoms with E-state index >= 15 is 4.39 Å². The molecule has 0 radical (unpaired) electrons. The second kappa shape index (κ2) is 9.95. The van der Waals surface area contributed by atoms with E-state index in [0.717, 1.165) is 11.3 Å². The zero-order valence-electron chi connectivity index (χ0n) is 18.9. The van der Waals surface area contributed by atoms with Gasteiger partial charge >= 0.3 is 5.97 Å². The predicted octanol–water partition coefficient (Wildman–Crippen LogP) is 6.37. The lowest BCUT2D eigenvalue weighted by molar-refractivity contribution is -0.149. The Morgan fingerprint density at radius 1 is 1.06 bits per heavy atom. The van der Waals surface area contributed by atoms with Gasteiger partial charge in [-0.3, -0.25) is 4.79 Å². The van der Waals surface area contributed by atoms with Gasteiger partial charge in [-0.15, -0.1) is 0 Å². The lowest BCUT2D eigenvalue weighted by Gasteiger charge is -2.31. The summed E-state index contributed by atoms with van der Waals surface area (Å²) in [7, 11) is 0. The van der Waals surface area contributed by atoms with Crippen molar-refractivity contribution in [2.24, 2.45) is 0 Å². The largest absolute Gasteiger partial charge is 0.479 e. The number of benzene rings is 3. The standard InChI is InChI=1S/C27H25ClFNO4/c1-3-21-25(26(31)17-11-13-19(28)14-12-17)24-20(29)8-6-10-23(24)30(21)22-9-5-4-7-18(22)15-34-16(2)27(32)33/h4-14,16,21,25H,3,15H2,1-2H3,(H,32,33)/t16-,21?,25?/m0/s1. The van der Waals surface area contributed by atoms with Gasteiger partial charge in [0.2, 0.25) is 0 Å². The summed E-state index contributed by atoms with van der Waals surface area (Å²) in [6.07, 6.45) is -0.392. The van der Waals surface area contributed by atoms with E-state index in [9.17, 15) is 14.7 Å². The van der Waals surface area contributed by atoms with Crippen LogP contribution in [-0.2, 0) is 16.1 Å². The number of rotatable bonds is 8. The number of fused-ring (bicyclic) bond motifs is 1. The molecule has 34 heavy (non-hydrogen) atoms. The molecule has 0 saturated carbocycles. The van der Waals surface area contributed by atoms with Crippen molar-refractivity contribution in [3.8, 4) is 0 Å². The Bertz CT molecular complexity index is 1210. The number of nitrogens with zero attached hydrogens (tertiary/aromatic N) is 1. The summed E-state index contributed by atoms with van der Waals surface area (Å²) in [6.45, 7) is 3.51. The first-order valence-electron chi connectivity index (χ1n) is 11.1. The molecular weight excluding hydrogens is 457 g/mol. The maximum absolute atomic E-state index is 15.2. The highest BCUT2D eigenvalue weighted by molar-refractivity contribution is 6.30. The van der Waals surface area contributed by atoms with Crippen LogP contribution in [0.5, 0.6) is 0 Å². The molecular formula is C27H25ClFNO4. The monoisotopic (exact) mass is 481 g/mol. The molecule has 1 aliphatic heterocycles. The third kappa shape index (κ3) is 4.43. The van der Waals surface area contributed by atoms with Crippen molar-refractivity contribution >= 4 is 34.7 Å². The third-order valence-corrected chi connectivity index (χ3v) is 6.49. The van der Waals surface area contributed by atoms with Crippen LogP contribution in [0.15, 0.2) is 66.7 Å². The minimum Gasteiger partial charge on any atom is -0.479 e. The Hall–Kier alpha value is -3.22. The molecule has 176 valence electrons. The van der Waals surface area contributed by atoms with Gasteiger partial charge in [0.1, 0.15) is 5.82 Å². The number of para-hydroxylation sites is 1. The fraction of sp³-hybridized carbons (Fsp3) is 0.259. The van der Waals surface area contributed by atoms with Gasteiger partial charge in [0, 0.05) is 39.1 Å². The van der Waals surface area contributed by atoms with Crippen LogP contribution < -0.4 is 4.90 Å². The third-order valence-electron chi connectivity index (χ3n) is 6.23. The number of hydrogen-bond donors (Lipinski definition) is 1. The molecule has 0 bridgehead atoms. The van der Waals surface area contributed by atoms with Gasteiger partial charge in [0.15, 0.2) is 11.9 Å². The SMILES string of the molecule is CCC1C(C(=O)c2ccc(Cl)cc2)c2c(F)cccc2N1c1ccccc1CO[C@@H](C)C(=O)O. The highest BCUT2D eigenvalue weighted by atomic mass is 35.5. The molecule has 1 heterocycles. The molecule has 0 aromatic heterocycles. The lowest BCUT2D eigenvalue weighted by atomic mass is 9.86. The summed E-state index contributed by atoms with van der Waals surface area (Å²) < 4.78 is 20.8. The molecule has 4 rings (SSSR count). The van der Waals surface area contributed by atoms with Crippen molar-refractivity contribution in [2.45, 2.75) is 44.9 Å². The number of ether oxygens (including phenoxy) is 1. The highest BCUT2D eigenvalue weighted by Gasteiger charge is 2.44. The van der Waals surface area contributed by atoms with E-state index in [1.807, 2.05) is 42.2 Å². The Kier molecular flexibility index (Phi) is 7.00. The maximum atomic E-state index is 15.2. The molecule has 5 nitrogen and oxygen atoms in total. The van der Waals surface area contributed by atoms with Crippen molar-refractivity contribution in [1.82, 2.24) is 0 Å². The molecule has 0 spiro atoms. The molecule has 2 unspecified atom stereocenters. The van der Waals surface area contributed by atoms with Crippen molar-refractivity contribution in [2.75, 3.05) is 4.90 Å².